The lowest BCUT2D eigenvalue weighted by Gasteiger charge is -2.48. The standard InChI is InChI=1S/C30H40ClN5O5/c1-7-19-15-32-27(33-25-9-8-20(14-24(25)31)35-11-10-34(6)28(35)37)18(2)26(19)40-23-12-21-16-39-17-22(13-23)36(21)29(38)41-30(3,4)5/h8-9,14-15,21-23H,7,10-13,16-17H2,1-6H3,(H,32,33). The molecule has 2 unspecified atom stereocenters. The summed E-state index contributed by atoms with van der Waals surface area (Å²) in [6, 6.07) is 5.31. The fourth-order valence-corrected chi connectivity index (χ4v) is 5.94. The number of carbonyl (C=O) groups is 2. The maximum atomic E-state index is 13.0. The third kappa shape index (κ3) is 6.18. The molecule has 4 heterocycles. The summed E-state index contributed by atoms with van der Waals surface area (Å²) in [5.74, 6) is 1.46. The number of urea groups is 1. The van der Waals surface area contributed by atoms with E-state index in [1.807, 2.05) is 50.9 Å². The number of hydrogen-bond donors (Lipinski definition) is 1. The van der Waals surface area contributed by atoms with Crippen molar-refractivity contribution in [1.82, 2.24) is 14.8 Å². The van der Waals surface area contributed by atoms with Crippen LogP contribution >= 0.6 is 11.6 Å². The highest BCUT2D eigenvalue weighted by Crippen LogP contribution is 2.37. The number of rotatable bonds is 6. The summed E-state index contributed by atoms with van der Waals surface area (Å²) in [6.45, 7) is 12.0. The van der Waals surface area contributed by atoms with Gasteiger partial charge in [0.05, 0.1) is 36.0 Å². The smallest absolute Gasteiger partial charge is 0.410 e. The fourth-order valence-electron chi connectivity index (χ4n) is 5.72. The highest BCUT2D eigenvalue weighted by atomic mass is 35.5. The van der Waals surface area contributed by atoms with Crippen LogP contribution in [-0.2, 0) is 15.9 Å². The van der Waals surface area contributed by atoms with E-state index in [9.17, 15) is 9.59 Å². The van der Waals surface area contributed by atoms with Crippen LogP contribution in [0.5, 0.6) is 5.75 Å². The van der Waals surface area contributed by atoms with Gasteiger partial charge in [0, 0.05) is 56.0 Å². The molecule has 1 aromatic heterocycles. The number of aryl methyl sites for hydroxylation is 1. The van der Waals surface area contributed by atoms with E-state index in [4.69, 9.17) is 25.8 Å². The number of nitrogens with zero attached hydrogens (tertiary/aromatic N) is 4. The van der Waals surface area contributed by atoms with E-state index < -0.39 is 5.60 Å². The second-order valence-electron chi connectivity index (χ2n) is 12.0. The van der Waals surface area contributed by atoms with Crippen LogP contribution in [-0.4, -0.2) is 84.0 Å². The lowest BCUT2D eigenvalue weighted by Crippen LogP contribution is -2.61. The number of hydrogen-bond acceptors (Lipinski definition) is 7. The van der Waals surface area contributed by atoms with Gasteiger partial charge in [-0.25, -0.2) is 14.6 Å². The van der Waals surface area contributed by atoms with Crippen LogP contribution in [0.4, 0.5) is 26.8 Å². The number of pyridine rings is 1. The Balaban J connectivity index is 1.33. The maximum Gasteiger partial charge on any atom is 0.410 e. The molecule has 5 rings (SSSR count). The van der Waals surface area contributed by atoms with Crippen molar-refractivity contribution in [2.24, 2.45) is 0 Å². The minimum atomic E-state index is -0.557. The van der Waals surface area contributed by atoms with E-state index in [1.54, 1.807) is 22.9 Å². The van der Waals surface area contributed by atoms with E-state index >= 15 is 0 Å². The molecule has 10 nitrogen and oxygen atoms in total. The van der Waals surface area contributed by atoms with E-state index in [0.29, 0.717) is 55.7 Å². The van der Waals surface area contributed by atoms with Gasteiger partial charge in [-0.15, -0.1) is 0 Å². The summed E-state index contributed by atoms with van der Waals surface area (Å²) >= 11 is 6.65. The Hall–Kier alpha value is -3.24. The zero-order chi connectivity index (χ0) is 29.5. The molecule has 0 saturated carbocycles. The first-order valence-corrected chi connectivity index (χ1v) is 14.7. The molecule has 11 heteroatoms. The van der Waals surface area contributed by atoms with Gasteiger partial charge in [0.2, 0.25) is 0 Å². The fraction of sp³-hybridized carbons (Fsp3) is 0.567. The van der Waals surface area contributed by atoms with Crippen molar-refractivity contribution < 1.29 is 23.8 Å². The van der Waals surface area contributed by atoms with E-state index in [0.717, 1.165) is 29.0 Å². The van der Waals surface area contributed by atoms with Gasteiger partial charge in [-0.1, -0.05) is 18.5 Å². The predicted octanol–water partition coefficient (Wildman–Crippen LogP) is 5.77. The number of fused-ring (bicyclic) bond motifs is 2. The van der Waals surface area contributed by atoms with Crippen LogP contribution in [0.2, 0.25) is 5.02 Å². The van der Waals surface area contributed by atoms with E-state index in [1.165, 1.54) is 0 Å². The molecule has 2 bridgehead atoms. The first kappa shape index (κ1) is 29.3. The molecule has 0 aliphatic carbocycles. The zero-order valence-electron chi connectivity index (χ0n) is 24.7. The molecule has 3 amide bonds. The minimum Gasteiger partial charge on any atom is -0.490 e. The van der Waals surface area contributed by atoms with E-state index in [-0.39, 0.29) is 30.3 Å². The number of piperidine rings is 1. The van der Waals surface area contributed by atoms with Gasteiger partial charge in [-0.3, -0.25) is 9.80 Å². The molecule has 41 heavy (non-hydrogen) atoms. The summed E-state index contributed by atoms with van der Waals surface area (Å²) in [4.78, 5) is 35.3. The number of likely N-dealkylation sites (N-methyl/N-ethyl adjacent to an activating group) is 1. The SMILES string of the molecule is CCc1cnc(Nc2ccc(N3CCN(C)C3=O)cc2Cl)c(C)c1OC1CC2COCC(C1)N2C(=O)OC(C)(C)C. The summed E-state index contributed by atoms with van der Waals surface area (Å²) in [5, 5.41) is 3.86. The van der Waals surface area contributed by atoms with Gasteiger partial charge < -0.3 is 24.4 Å². The number of carbonyl (C=O) groups excluding carboxylic acids is 2. The molecule has 3 aliphatic heterocycles. The van der Waals surface area contributed by atoms with Crippen LogP contribution in [0.3, 0.4) is 0 Å². The Morgan fingerprint density at radius 1 is 1.20 bits per heavy atom. The zero-order valence-corrected chi connectivity index (χ0v) is 25.5. The van der Waals surface area contributed by atoms with Crippen LogP contribution in [0.15, 0.2) is 24.4 Å². The molecule has 1 N–H and O–H groups in total. The first-order chi connectivity index (χ1) is 19.4. The number of nitrogens with one attached hydrogen (secondary N) is 1. The summed E-state index contributed by atoms with van der Waals surface area (Å²) in [5.41, 5.74) is 2.80. The third-order valence-electron chi connectivity index (χ3n) is 7.82. The normalized spacial score (nSPS) is 22.7. The lowest BCUT2D eigenvalue weighted by atomic mass is 9.92. The van der Waals surface area contributed by atoms with Crippen LogP contribution in [0, 0.1) is 6.92 Å². The number of ether oxygens (including phenoxy) is 3. The molecule has 2 aromatic rings. The number of anilines is 3. The van der Waals surface area contributed by atoms with Crippen LogP contribution < -0.4 is 15.0 Å². The summed E-state index contributed by atoms with van der Waals surface area (Å²) < 4.78 is 18.2. The number of morpholine rings is 1. The van der Waals surface area contributed by atoms with Gasteiger partial charge in [0.15, 0.2) is 0 Å². The summed E-state index contributed by atoms with van der Waals surface area (Å²) in [6.07, 6.45) is 3.54. The highest BCUT2D eigenvalue weighted by Gasteiger charge is 2.44. The van der Waals surface area contributed by atoms with Crippen molar-refractivity contribution in [3.8, 4) is 5.75 Å². The molecule has 222 valence electrons. The number of benzene rings is 1. The molecule has 0 radical (unpaired) electrons. The van der Waals surface area contributed by atoms with Gasteiger partial charge in [0.25, 0.3) is 0 Å². The molecule has 2 atom stereocenters. The number of aromatic nitrogens is 1. The second kappa shape index (κ2) is 11.6. The minimum absolute atomic E-state index is 0.0381. The molecular formula is C30H40ClN5O5. The Morgan fingerprint density at radius 3 is 2.49 bits per heavy atom. The molecular weight excluding hydrogens is 546 g/mol. The van der Waals surface area contributed by atoms with Gasteiger partial charge in [-0.05, 0) is 52.3 Å². The lowest BCUT2D eigenvalue weighted by molar-refractivity contribution is -0.0995. The van der Waals surface area contributed by atoms with Crippen molar-refractivity contribution in [2.75, 3.05) is 43.6 Å². The number of halogens is 1. The Kier molecular flexibility index (Phi) is 8.25. The average molecular weight is 586 g/mol. The topological polar surface area (TPSA) is 96.5 Å². The van der Waals surface area contributed by atoms with Crippen molar-refractivity contribution in [1.29, 1.82) is 0 Å². The Bertz CT molecular complexity index is 1300. The average Bonchev–Trinajstić information content (AvgIpc) is 3.23. The van der Waals surface area contributed by atoms with Gasteiger partial charge in [0.1, 0.15) is 23.3 Å². The van der Waals surface area contributed by atoms with Crippen molar-refractivity contribution in [3.63, 3.8) is 0 Å². The van der Waals surface area contributed by atoms with Crippen LogP contribution in [0.25, 0.3) is 0 Å². The quantitative estimate of drug-likeness (QED) is 0.460. The highest BCUT2D eigenvalue weighted by molar-refractivity contribution is 6.33. The molecule has 3 fully saturated rings. The Labute approximate surface area is 246 Å². The monoisotopic (exact) mass is 585 g/mol. The molecule has 1 aromatic carbocycles. The third-order valence-corrected chi connectivity index (χ3v) is 8.13. The largest absolute Gasteiger partial charge is 0.490 e. The second-order valence-corrected chi connectivity index (χ2v) is 12.4. The number of amides is 3. The van der Waals surface area contributed by atoms with Crippen molar-refractivity contribution in [2.45, 2.75) is 77.7 Å². The predicted molar refractivity (Wildman–Crippen MR) is 159 cm³/mol. The Morgan fingerprint density at radius 2 is 1.90 bits per heavy atom. The first-order valence-electron chi connectivity index (χ1n) is 14.3. The van der Waals surface area contributed by atoms with Gasteiger partial charge >= 0.3 is 12.1 Å². The molecule has 0 spiro atoms. The van der Waals surface area contributed by atoms with Crippen molar-refractivity contribution in [3.05, 3.63) is 40.5 Å². The van der Waals surface area contributed by atoms with Crippen molar-refractivity contribution >= 4 is 40.9 Å². The molecule has 3 saturated heterocycles. The van der Waals surface area contributed by atoms with Crippen LogP contribution in [0.1, 0.15) is 51.7 Å². The maximum absolute atomic E-state index is 13.0. The van der Waals surface area contributed by atoms with Gasteiger partial charge in [-0.2, -0.15) is 0 Å². The summed E-state index contributed by atoms with van der Waals surface area (Å²) in [7, 11) is 1.79. The molecule has 3 aliphatic rings. The van der Waals surface area contributed by atoms with E-state index in [2.05, 4.69) is 17.2 Å².